The molecular weight excluding hydrogens is 226 g/mol. The molecule has 0 aliphatic rings. The second-order valence-electron chi connectivity index (χ2n) is 3.76. The van der Waals surface area contributed by atoms with Gasteiger partial charge in [0, 0.05) is 18.4 Å². The van der Waals surface area contributed by atoms with Gasteiger partial charge in [0.05, 0.1) is 0 Å². The number of nitrogens with zero attached hydrogens (tertiary/aromatic N) is 1. The molecule has 0 spiro atoms. The second kappa shape index (κ2) is 7.05. The van der Waals surface area contributed by atoms with E-state index in [1.54, 1.807) is 0 Å². The fourth-order valence-corrected chi connectivity index (χ4v) is 1.73. The third kappa shape index (κ3) is 3.58. The summed E-state index contributed by atoms with van der Waals surface area (Å²) in [4.78, 5) is 18.5. The van der Waals surface area contributed by atoms with Crippen LogP contribution in [0.2, 0.25) is 0 Å². The van der Waals surface area contributed by atoms with Gasteiger partial charge >= 0.3 is 6.15 Å². The van der Waals surface area contributed by atoms with Crippen LogP contribution in [-0.4, -0.2) is 13.2 Å². The lowest BCUT2D eigenvalue weighted by atomic mass is 10.1. The predicted molar refractivity (Wildman–Crippen MR) is 70.7 cm³/mol. The van der Waals surface area contributed by atoms with E-state index < -0.39 is 0 Å². The molecule has 3 nitrogen and oxygen atoms in total. The minimum Gasteiger partial charge on any atom is -0.344 e. The van der Waals surface area contributed by atoms with Crippen LogP contribution in [0.3, 0.4) is 0 Å². The van der Waals surface area contributed by atoms with Crippen molar-refractivity contribution in [3.05, 3.63) is 60.2 Å². The molecule has 0 aliphatic carbocycles. The Kier molecular flexibility index (Phi) is 5.36. The fraction of sp³-hybridized carbons (Fsp3) is 0.133. The van der Waals surface area contributed by atoms with Crippen molar-refractivity contribution in [2.75, 3.05) is 11.9 Å². The Labute approximate surface area is 107 Å². The van der Waals surface area contributed by atoms with Gasteiger partial charge < -0.3 is 4.90 Å². The highest BCUT2D eigenvalue weighted by atomic mass is 16.2. The Morgan fingerprint density at radius 1 is 0.889 bits per heavy atom. The van der Waals surface area contributed by atoms with E-state index in [2.05, 4.69) is 67.4 Å². The molecule has 0 amide bonds. The molecule has 0 aliphatic heterocycles. The maximum Gasteiger partial charge on any atom is 0.373 e. The molecule has 0 unspecified atom stereocenters. The van der Waals surface area contributed by atoms with Gasteiger partial charge in [-0.05, 0) is 30.7 Å². The Morgan fingerprint density at radius 3 is 1.94 bits per heavy atom. The maximum atomic E-state index is 8.12. The molecule has 0 fully saturated rings. The van der Waals surface area contributed by atoms with Crippen LogP contribution in [0, 0.1) is 6.92 Å². The largest absolute Gasteiger partial charge is 0.373 e. The first-order chi connectivity index (χ1) is 8.70. The Hall–Kier alpha value is -2.38. The van der Waals surface area contributed by atoms with Crippen LogP contribution >= 0.6 is 0 Å². The van der Waals surface area contributed by atoms with E-state index in [-0.39, 0.29) is 6.15 Å². The fourth-order valence-electron chi connectivity index (χ4n) is 1.73. The third-order valence-electron chi connectivity index (χ3n) is 2.62. The number of para-hydroxylation sites is 2. The summed E-state index contributed by atoms with van der Waals surface area (Å²) < 4.78 is 0. The zero-order valence-corrected chi connectivity index (χ0v) is 10.5. The topological polar surface area (TPSA) is 37.4 Å². The van der Waals surface area contributed by atoms with E-state index in [4.69, 9.17) is 9.59 Å². The van der Waals surface area contributed by atoms with Gasteiger partial charge in [0.25, 0.3) is 0 Å². The van der Waals surface area contributed by atoms with Gasteiger partial charge in [-0.1, -0.05) is 36.4 Å². The van der Waals surface area contributed by atoms with Crippen molar-refractivity contribution in [1.82, 2.24) is 0 Å². The van der Waals surface area contributed by atoms with Gasteiger partial charge in [-0.2, -0.15) is 9.59 Å². The SMILES string of the molecule is Cc1ccccc1N(C)c1ccccc1.O=C=O. The summed E-state index contributed by atoms with van der Waals surface area (Å²) >= 11 is 0. The molecule has 0 heterocycles. The molecule has 0 atom stereocenters. The molecule has 0 radical (unpaired) electrons. The molecule has 18 heavy (non-hydrogen) atoms. The van der Waals surface area contributed by atoms with Crippen molar-refractivity contribution in [1.29, 1.82) is 0 Å². The minimum absolute atomic E-state index is 0.250. The molecule has 2 rings (SSSR count). The average Bonchev–Trinajstić information content (AvgIpc) is 2.40. The van der Waals surface area contributed by atoms with E-state index in [0.717, 1.165) is 0 Å². The van der Waals surface area contributed by atoms with Crippen LogP contribution in [0.1, 0.15) is 5.56 Å². The Morgan fingerprint density at radius 2 is 1.39 bits per heavy atom. The second-order valence-corrected chi connectivity index (χ2v) is 3.76. The normalized spacial score (nSPS) is 8.78. The lowest BCUT2D eigenvalue weighted by molar-refractivity contribution is -0.191. The highest BCUT2D eigenvalue weighted by Crippen LogP contribution is 2.25. The number of carbonyl (C=O) groups excluding carboxylic acids is 2. The summed E-state index contributed by atoms with van der Waals surface area (Å²) in [6.45, 7) is 2.13. The van der Waals surface area contributed by atoms with E-state index in [1.807, 2.05) is 6.07 Å². The monoisotopic (exact) mass is 241 g/mol. The number of aryl methyl sites for hydroxylation is 1. The number of hydrogen-bond acceptors (Lipinski definition) is 3. The van der Waals surface area contributed by atoms with Crippen LogP contribution in [0.4, 0.5) is 11.4 Å². The van der Waals surface area contributed by atoms with Crippen LogP contribution in [0.5, 0.6) is 0 Å². The summed E-state index contributed by atoms with van der Waals surface area (Å²) in [6.07, 6.45) is 0.250. The van der Waals surface area contributed by atoms with Gasteiger partial charge in [-0.15, -0.1) is 0 Å². The first-order valence-electron chi connectivity index (χ1n) is 5.54. The molecule has 92 valence electrons. The molecule has 0 saturated carbocycles. The first-order valence-corrected chi connectivity index (χ1v) is 5.54. The van der Waals surface area contributed by atoms with Gasteiger partial charge in [-0.25, -0.2) is 0 Å². The summed E-state index contributed by atoms with van der Waals surface area (Å²) in [7, 11) is 2.09. The lowest BCUT2D eigenvalue weighted by Crippen LogP contribution is -2.10. The van der Waals surface area contributed by atoms with Crippen molar-refractivity contribution in [2.45, 2.75) is 6.92 Å². The van der Waals surface area contributed by atoms with Gasteiger partial charge in [0.15, 0.2) is 0 Å². The average molecular weight is 241 g/mol. The van der Waals surface area contributed by atoms with E-state index >= 15 is 0 Å². The quantitative estimate of drug-likeness (QED) is 0.810. The van der Waals surface area contributed by atoms with E-state index in [9.17, 15) is 0 Å². The number of anilines is 2. The van der Waals surface area contributed by atoms with E-state index in [0.29, 0.717) is 0 Å². The number of benzene rings is 2. The molecule has 0 saturated heterocycles. The summed E-state index contributed by atoms with van der Waals surface area (Å²) in [5.74, 6) is 0. The van der Waals surface area contributed by atoms with E-state index in [1.165, 1.54) is 16.9 Å². The molecular formula is C15H15NO2. The maximum absolute atomic E-state index is 8.12. The van der Waals surface area contributed by atoms with Crippen molar-refractivity contribution in [2.24, 2.45) is 0 Å². The molecule has 2 aromatic carbocycles. The zero-order valence-electron chi connectivity index (χ0n) is 10.5. The highest BCUT2D eigenvalue weighted by molar-refractivity contribution is 5.65. The number of rotatable bonds is 2. The Bertz CT molecular complexity index is 517. The lowest BCUT2D eigenvalue weighted by Gasteiger charge is -2.21. The summed E-state index contributed by atoms with van der Waals surface area (Å²) in [6, 6.07) is 18.8. The molecule has 3 heteroatoms. The third-order valence-corrected chi connectivity index (χ3v) is 2.62. The van der Waals surface area contributed by atoms with Crippen molar-refractivity contribution < 1.29 is 9.59 Å². The number of hydrogen-bond donors (Lipinski definition) is 0. The highest BCUT2D eigenvalue weighted by Gasteiger charge is 2.04. The molecule has 0 aromatic heterocycles. The standard InChI is InChI=1S/C14H15N.CO2/c1-12-8-6-7-11-14(12)15(2)13-9-4-3-5-10-13;2-1-3/h3-11H,1-2H3;. The van der Waals surface area contributed by atoms with Crippen LogP contribution in [-0.2, 0) is 9.59 Å². The Balaban J connectivity index is 0.000000492. The van der Waals surface area contributed by atoms with Gasteiger partial charge in [0.1, 0.15) is 0 Å². The molecule has 0 bridgehead atoms. The summed E-state index contributed by atoms with van der Waals surface area (Å²) in [5, 5.41) is 0. The minimum atomic E-state index is 0.250. The smallest absolute Gasteiger partial charge is 0.344 e. The first kappa shape index (κ1) is 13.7. The summed E-state index contributed by atoms with van der Waals surface area (Å²) in [5.41, 5.74) is 3.76. The van der Waals surface area contributed by atoms with Crippen LogP contribution in [0.25, 0.3) is 0 Å². The van der Waals surface area contributed by atoms with Crippen molar-refractivity contribution in [3.63, 3.8) is 0 Å². The molecule has 2 aromatic rings. The van der Waals surface area contributed by atoms with Crippen LogP contribution < -0.4 is 4.90 Å². The van der Waals surface area contributed by atoms with Crippen molar-refractivity contribution >= 4 is 17.5 Å². The van der Waals surface area contributed by atoms with Gasteiger partial charge in [0.2, 0.25) is 0 Å². The molecule has 0 N–H and O–H groups in total. The zero-order chi connectivity index (χ0) is 13.4. The van der Waals surface area contributed by atoms with Crippen molar-refractivity contribution in [3.8, 4) is 0 Å². The van der Waals surface area contributed by atoms with Gasteiger partial charge in [-0.3, -0.25) is 0 Å². The predicted octanol–water partition coefficient (Wildman–Crippen LogP) is 3.18. The van der Waals surface area contributed by atoms with Crippen LogP contribution in [0.15, 0.2) is 54.6 Å².